The molecule has 0 aliphatic heterocycles. The summed E-state index contributed by atoms with van der Waals surface area (Å²) in [4.78, 5) is 23.1. The van der Waals surface area contributed by atoms with Gasteiger partial charge in [0.05, 0.1) is 25.6 Å². The van der Waals surface area contributed by atoms with Crippen LogP contribution in [0.1, 0.15) is 17.9 Å². The van der Waals surface area contributed by atoms with Crippen LogP contribution < -0.4 is 16.0 Å². The van der Waals surface area contributed by atoms with Crippen molar-refractivity contribution in [2.24, 2.45) is 0 Å². The smallest absolute Gasteiger partial charge is 0.315 e. The average molecular weight is 335 g/mol. The Morgan fingerprint density at radius 1 is 1.00 bits per heavy atom. The highest BCUT2D eigenvalue weighted by Gasteiger charge is 2.05. The zero-order valence-corrected chi connectivity index (χ0v) is 13.2. The largest absolute Gasteiger partial charge is 0.467 e. The van der Waals surface area contributed by atoms with Gasteiger partial charge in [-0.1, -0.05) is 0 Å². The van der Waals surface area contributed by atoms with Crippen molar-refractivity contribution >= 4 is 11.9 Å². The van der Waals surface area contributed by atoms with Gasteiger partial charge in [-0.05, 0) is 30.7 Å². The van der Waals surface area contributed by atoms with E-state index in [9.17, 15) is 9.59 Å². The molecule has 24 heavy (non-hydrogen) atoms. The highest BCUT2D eigenvalue weighted by molar-refractivity contribution is 5.83. The van der Waals surface area contributed by atoms with Crippen molar-refractivity contribution < 1.29 is 23.2 Å². The van der Waals surface area contributed by atoms with Crippen LogP contribution in [0.3, 0.4) is 0 Å². The first-order valence-electron chi connectivity index (χ1n) is 7.65. The molecule has 0 aliphatic rings. The molecule has 2 heterocycles. The molecule has 0 bridgehead atoms. The lowest BCUT2D eigenvalue weighted by molar-refractivity contribution is -0.120. The second-order valence-electron chi connectivity index (χ2n) is 4.95. The van der Waals surface area contributed by atoms with Crippen LogP contribution in [0.5, 0.6) is 0 Å². The maximum atomic E-state index is 11.6. The SMILES string of the molecule is O=C(CNC(=O)NCc1ccco1)NCCCOCc1ccco1. The molecule has 0 saturated carbocycles. The Labute approximate surface area is 139 Å². The van der Waals surface area contributed by atoms with Crippen LogP contribution in [0, 0.1) is 0 Å². The lowest BCUT2D eigenvalue weighted by Gasteiger charge is -2.08. The third kappa shape index (κ3) is 7.01. The zero-order chi connectivity index (χ0) is 17.0. The van der Waals surface area contributed by atoms with E-state index < -0.39 is 6.03 Å². The summed E-state index contributed by atoms with van der Waals surface area (Å²) in [6, 6.07) is 6.70. The number of carbonyl (C=O) groups excluding carboxylic acids is 2. The molecule has 0 saturated heterocycles. The van der Waals surface area contributed by atoms with Crippen molar-refractivity contribution in [3.05, 3.63) is 48.3 Å². The van der Waals surface area contributed by atoms with Gasteiger partial charge in [-0.25, -0.2) is 4.79 Å². The Morgan fingerprint density at radius 3 is 2.46 bits per heavy atom. The molecule has 8 heteroatoms. The summed E-state index contributed by atoms with van der Waals surface area (Å²) in [5.74, 6) is 1.15. The van der Waals surface area contributed by atoms with Crippen molar-refractivity contribution in [1.82, 2.24) is 16.0 Å². The van der Waals surface area contributed by atoms with E-state index in [1.807, 2.05) is 6.07 Å². The fraction of sp³-hybridized carbons (Fsp3) is 0.375. The van der Waals surface area contributed by atoms with Crippen LogP contribution in [0.4, 0.5) is 4.79 Å². The molecular formula is C16H21N3O5. The third-order valence-corrected chi connectivity index (χ3v) is 3.02. The number of carbonyl (C=O) groups is 2. The molecular weight excluding hydrogens is 314 g/mol. The fourth-order valence-electron chi connectivity index (χ4n) is 1.84. The maximum absolute atomic E-state index is 11.6. The first-order valence-corrected chi connectivity index (χ1v) is 7.65. The Balaban J connectivity index is 1.43. The first kappa shape index (κ1) is 17.6. The summed E-state index contributed by atoms with van der Waals surface area (Å²) in [5, 5.41) is 7.75. The van der Waals surface area contributed by atoms with E-state index >= 15 is 0 Å². The van der Waals surface area contributed by atoms with Crippen molar-refractivity contribution in [2.45, 2.75) is 19.6 Å². The number of hydrogen-bond donors (Lipinski definition) is 3. The minimum atomic E-state index is -0.427. The van der Waals surface area contributed by atoms with Gasteiger partial charge < -0.3 is 29.5 Å². The molecule has 0 aromatic carbocycles. The Kier molecular flexibility index (Phi) is 7.42. The van der Waals surface area contributed by atoms with E-state index in [1.165, 1.54) is 6.26 Å². The molecule has 0 unspecified atom stereocenters. The Morgan fingerprint density at radius 2 is 1.75 bits per heavy atom. The number of rotatable bonds is 10. The molecule has 0 spiro atoms. The summed E-state index contributed by atoms with van der Waals surface area (Å²) in [6.45, 7) is 1.59. The molecule has 8 nitrogen and oxygen atoms in total. The molecule has 0 aliphatic carbocycles. The van der Waals surface area contributed by atoms with Crippen LogP contribution in [0.15, 0.2) is 45.6 Å². The second-order valence-corrected chi connectivity index (χ2v) is 4.95. The second kappa shape index (κ2) is 10.1. The predicted octanol–water partition coefficient (Wildman–Crippen LogP) is 1.39. The minimum absolute atomic E-state index is 0.0861. The molecule has 0 fully saturated rings. The summed E-state index contributed by atoms with van der Waals surface area (Å²) >= 11 is 0. The topological polar surface area (TPSA) is 106 Å². The van der Waals surface area contributed by atoms with E-state index in [-0.39, 0.29) is 19.0 Å². The number of furan rings is 2. The average Bonchev–Trinajstić information content (AvgIpc) is 3.27. The molecule has 2 aromatic heterocycles. The van der Waals surface area contributed by atoms with Crippen LogP contribution in [-0.2, 0) is 22.7 Å². The summed E-state index contributed by atoms with van der Waals surface area (Å²) in [6.07, 6.45) is 3.80. The monoisotopic (exact) mass is 335 g/mol. The van der Waals surface area contributed by atoms with Gasteiger partial charge in [0.1, 0.15) is 18.1 Å². The quantitative estimate of drug-likeness (QED) is 0.569. The van der Waals surface area contributed by atoms with Gasteiger partial charge >= 0.3 is 6.03 Å². The van der Waals surface area contributed by atoms with E-state index in [4.69, 9.17) is 13.6 Å². The molecule has 3 amide bonds. The van der Waals surface area contributed by atoms with Crippen LogP contribution in [-0.4, -0.2) is 31.6 Å². The van der Waals surface area contributed by atoms with Gasteiger partial charge in [-0.2, -0.15) is 0 Å². The minimum Gasteiger partial charge on any atom is -0.467 e. The van der Waals surface area contributed by atoms with Crippen LogP contribution in [0.25, 0.3) is 0 Å². The number of ether oxygens (including phenoxy) is 1. The van der Waals surface area contributed by atoms with Gasteiger partial charge in [-0.3, -0.25) is 4.79 Å². The molecule has 130 valence electrons. The number of urea groups is 1. The first-order chi connectivity index (χ1) is 11.7. The van der Waals surface area contributed by atoms with Crippen LogP contribution >= 0.6 is 0 Å². The Bertz CT molecular complexity index is 595. The summed E-state index contributed by atoms with van der Waals surface area (Å²) in [7, 11) is 0. The third-order valence-electron chi connectivity index (χ3n) is 3.02. The number of amides is 3. The van der Waals surface area contributed by atoms with E-state index in [2.05, 4.69) is 16.0 Å². The standard InChI is InChI=1S/C16H21N3O5/c20-15(11-19-16(21)18-10-13-4-1-8-23-13)17-6-3-7-22-12-14-5-2-9-24-14/h1-2,4-5,8-9H,3,6-7,10-12H2,(H,17,20)(H2,18,19,21). The molecule has 0 radical (unpaired) electrons. The highest BCUT2D eigenvalue weighted by atomic mass is 16.5. The van der Waals surface area contributed by atoms with Crippen molar-refractivity contribution in [3.8, 4) is 0 Å². The van der Waals surface area contributed by atoms with Gasteiger partial charge in [0.15, 0.2) is 0 Å². The van der Waals surface area contributed by atoms with Gasteiger partial charge in [0.2, 0.25) is 5.91 Å². The number of nitrogens with one attached hydrogen (secondary N) is 3. The lowest BCUT2D eigenvalue weighted by atomic mass is 10.4. The van der Waals surface area contributed by atoms with Gasteiger partial charge in [-0.15, -0.1) is 0 Å². The summed E-state index contributed by atoms with van der Waals surface area (Å²) < 4.78 is 15.6. The zero-order valence-electron chi connectivity index (χ0n) is 13.2. The molecule has 3 N–H and O–H groups in total. The van der Waals surface area contributed by atoms with E-state index in [0.717, 1.165) is 5.76 Å². The normalized spacial score (nSPS) is 10.3. The number of hydrogen-bond acceptors (Lipinski definition) is 5. The van der Waals surface area contributed by atoms with E-state index in [1.54, 1.807) is 24.5 Å². The van der Waals surface area contributed by atoms with Gasteiger partial charge in [0.25, 0.3) is 0 Å². The van der Waals surface area contributed by atoms with Gasteiger partial charge in [0, 0.05) is 13.2 Å². The Hall–Kier alpha value is -2.74. The maximum Gasteiger partial charge on any atom is 0.315 e. The fourth-order valence-corrected chi connectivity index (χ4v) is 1.84. The van der Waals surface area contributed by atoms with Crippen LogP contribution in [0.2, 0.25) is 0 Å². The van der Waals surface area contributed by atoms with Crippen molar-refractivity contribution in [3.63, 3.8) is 0 Å². The van der Waals surface area contributed by atoms with Crippen molar-refractivity contribution in [2.75, 3.05) is 19.7 Å². The summed E-state index contributed by atoms with van der Waals surface area (Å²) in [5.41, 5.74) is 0. The van der Waals surface area contributed by atoms with E-state index in [0.29, 0.717) is 31.9 Å². The molecule has 2 aromatic rings. The van der Waals surface area contributed by atoms with Crippen molar-refractivity contribution in [1.29, 1.82) is 0 Å². The molecule has 0 atom stereocenters. The highest BCUT2D eigenvalue weighted by Crippen LogP contribution is 2.01. The molecule has 2 rings (SSSR count). The lowest BCUT2D eigenvalue weighted by Crippen LogP contribution is -2.42. The predicted molar refractivity (Wildman–Crippen MR) is 84.9 cm³/mol.